The summed E-state index contributed by atoms with van der Waals surface area (Å²) in [7, 11) is -0.645. The quantitative estimate of drug-likeness (QED) is 0.604. The molecule has 9 heteroatoms. The number of benzene rings is 2. The average molecular weight is 490 g/mol. The van der Waals surface area contributed by atoms with Crippen molar-refractivity contribution in [3.63, 3.8) is 0 Å². The third kappa shape index (κ3) is 5.24. The Morgan fingerprint density at radius 2 is 1.77 bits per heavy atom. The first-order chi connectivity index (χ1) is 12.2. The second-order valence-corrected chi connectivity index (χ2v) is 8.51. The molecule has 0 unspecified atom stereocenters. The van der Waals surface area contributed by atoms with Gasteiger partial charge < -0.3 is 14.8 Å². The highest BCUT2D eigenvalue weighted by Gasteiger charge is 2.21. The number of amides is 1. The van der Waals surface area contributed by atoms with Crippen LogP contribution < -0.4 is 19.1 Å². The lowest BCUT2D eigenvalue weighted by Crippen LogP contribution is -2.37. The van der Waals surface area contributed by atoms with Crippen molar-refractivity contribution in [3.05, 3.63) is 46.0 Å². The van der Waals surface area contributed by atoms with Gasteiger partial charge in [0.2, 0.25) is 15.9 Å². The summed E-state index contributed by atoms with van der Waals surface area (Å²) in [5.41, 5.74) is 0.814. The smallest absolute Gasteiger partial charge is 0.245 e. The van der Waals surface area contributed by atoms with Crippen molar-refractivity contribution in [2.75, 3.05) is 36.6 Å². The van der Waals surface area contributed by atoms with Crippen molar-refractivity contribution < 1.29 is 22.7 Å². The van der Waals surface area contributed by atoms with Gasteiger partial charge in [-0.15, -0.1) is 0 Å². The lowest BCUT2D eigenvalue weighted by molar-refractivity contribution is -0.114. The highest BCUT2D eigenvalue weighted by molar-refractivity contribution is 14.1. The number of methoxy groups -OCH3 is 2. The van der Waals surface area contributed by atoms with Crippen LogP contribution in [0.2, 0.25) is 0 Å². The normalized spacial score (nSPS) is 10.9. The zero-order valence-electron chi connectivity index (χ0n) is 14.5. The van der Waals surface area contributed by atoms with Crippen molar-refractivity contribution in [3.8, 4) is 11.5 Å². The van der Waals surface area contributed by atoms with Gasteiger partial charge >= 0.3 is 0 Å². The number of nitrogens with one attached hydrogen (secondary N) is 1. The Kier molecular flexibility index (Phi) is 6.70. The summed E-state index contributed by atoms with van der Waals surface area (Å²) < 4.78 is 36.6. The van der Waals surface area contributed by atoms with E-state index in [4.69, 9.17) is 9.47 Å². The monoisotopic (exact) mass is 490 g/mol. The van der Waals surface area contributed by atoms with E-state index in [-0.39, 0.29) is 6.54 Å². The molecular weight excluding hydrogens is 471 g/mol. The van der Waals surface area contributed by atoms with Gasteiger partial charge in [-0.1, -0.05) is 0 Å². The fraction of sp³-hybridized carbons (Fsp3) is 0.235. The van der Waals surface area contributed by atoms with Gasteiger partial charge in [-0.25, -0.2) is 8.42 Å². The lowest BCUT2D eigenvalue weighted by Gasteiger charge is -2.22. The summed E-state index contributed by atoms with van der Waals surface area (Å²) in [5, 5.41) is 2.67. The summed E-state index contributed by atoms with van der Waals surface area (Å²) in [4.78, 5) is 12.5. The Labute approximate surface area is 166 Å². The first-order valence-corrected chi connectivity index (χ1v) is 10.4. The van der Waals surface area contributed by atoms with Gasteiger partial charge in [0.25, 0.3) is 0 Å². The number of rotatable bonds is 7. The molecule has 0 spiro atoms. The number of ether oxygens (including phenoxy) is 2. The van der Waals surface area contributed by atoms with Gasteiger partial charge in [0.1, 0.15) is 18.0 Å². The van der Waals surface area contributed by atoms with Gasteiger partial charge in [0, 0.05) is 9.64 Å². The molecule has 0 saturated heterocycles. The van der Waals surface area contributed by atoms with E-state index in [0.717, 1.165) is 14.1 Å². The molecule has 0 aliphatic rings. The molecule has 7 nitrogen and oxygen atoms in total. The molecule has 0 aliphatic carbocycles. The van der Waals surface area contributed by atoms with E-state index in [9.17, 15) is 13.2 Å². The lowest BCUT2D eigenvalue weighted by atomic mass is 10.2. The molecule has 0 saturated carbocycles. The van der Waals surface area contributed by atoms with Crippen molar-refractivity contribution in [1.82, 2.24) is 0 Å². The van der Waals surface area contributed by atoms with E-state index < -0.39 is 15.9 Å². The summed E-state index contributed by atoms with van der Waals surface area (Å²) in [6, 6.07) is 11.8. The van der Waals surface area contributed by atoms with Crippen LogP contribution >= 0.6 is 22.6 Å². The molecule has 140 valence electrons. The molecule has 26 heavy (non-hydrogen) atoms. The Hall–Kier alpha value is -2.01. The molecule has 2 rings (SSSR count). The Morgan fingerprint density at radius 3 is 2.31 bits per heavy atom. The van der Waals surface area contributed by atoms with Gasteiger partial charge in [-0.2, -0.15) is 0 Å². The first kappa shape index (κ1) is 20.3. The second-order valence-electron chi connectivity index (χ2n) is 5.36. The number of anilines is 2. The molecule has 0 radical (unpaired) electrons. The number of hydrogen-bond acceptors (Lipinski definition) is 5. The molecule has 1 N–H and O–H groups in total. The van der Waals surface area contributed by atoms with Crippen LogP contribution in [-0.2, 0) is 14.8 Å². The molecule has 2 aromatic carbocycles. The Balaban J connectivity index is 2.24. The minimum absolute atomic E-state index is 0.361. The predicted molar refractivity (Wildman–Crippen MR) is 110 cm³/mol. The van der Waals surface area contributed by atoms with E-state index in [2.05, 4.69) is 27.9 Å². The van der Waals surface area contributed by atoms with Gasteiger partial charge in [-0.3, -0.25) is 9.10 Å². The number of sulfonamides is 1. The standard InChI is InChI=1S/C17H19IN2O5S/c1-24-14-8-9-16(25-2)15(10-14)19-17(21)11-20(26(3,22)23)13-6-4-12(18)5-7-13/h4-10H,11H2,1-3H3,(H,19,21). The fourth-order valence-electron chi connectivity index (χ4n) is 2.24. The summed E-state index contributed by atoms with van der Waals surface area (Å²) in [5.74, 6) is 0.485. The summed E-state index contributed by atoms with van der Waals surface area (Å²) >= 11 is 2.12. The second kappa shape index (κ2) is 8.58. The van der Waals surface area contributed by atoms with Crippen LogP contribution in [0.3, 0.4) is 0 Å². The molecule has 0 fully saturated rings. The number of carbonyl (C=O) groups excluding carboxylic acids is 1. The van der Waals surface area contributed by atoms with Crippen molar-refractivity contribution >= 4 is 49.9 Å². The van der Waals surface area contributed by atoms with E-state index in [0.29, 0.717) is 22.9 Å². The highest BCUT2D eigenvalue weighted by Crippen LogP contribution is 2.29. The van der Waals surface area contributed by atoms with E-state index in [1.807, 2.05) is 0 Å². The molecule has 2 aromatic rings. The SMILES string of the molecule is COc1ccc(OC)c(NC(=O)CN(c2ccc(I)cc2)S(C)(=O)=O)c1. The van der Waals surface area contributed by atoms with Crippen molar-refractivity contribution in [2.45, 2.75) is 0 Å². The van der Waals surface area contributed by atoms with Gasteiger partial charge in [0.05, 0.1) is 31.9 Å². The van der Waals surface area contributed by atoms with Gasteiger partial charge in [0.15, 0.2) is 0 Å². The predicted octanol–water partition coefficient (Wildman–Crippen LogP) is 2.71. The molecule has 0 aromatic heterocycles. The largest absolute Gasteiger partial charge is 0.497 e. The van der Waals surface area contributed by atoms with Crippen LogP contribution in [0.25, 0.3) is 0 Å². The minimum Gasteiger partial charge on any atom is -0.497 e. The van der Waals surface area contributed by atoms with E-state index in [1.54, 1.807) is 42.5 Å². The topological polar surface area (TPSA) is 84.9 Å². The number of hydrogen-bond donors (Lipinski definition) is 1. The van der Waals surface area contributed by atoms with E-state index >= 15 is 0 Å². The van der Waals surface area contributed by atoms with Crippen LogP contribution in [0.5, 0.6) is 11.5 Å². The number of carbonyl (C=O) groups is 1. The van der Waals surface area contributed by atoms with Gasteiger partial charge in [-0.05, 0) is 59.0 Å². The number of nitrogens with zero attached hydrogens (tertiary/aromatic N) is 1. The average Bonchev–Trinajstić information content (AvgIpc) is 2.59. The zero-order chi connectivity index (χ0) is 19.3. The maximum atomic E-state index is 12.5. The van der Waals surface area contributed by atoms with Crippen molar-refractivity contribution in [1.29, 1.82) is 0 Å². The molecule has 0 heterocycles. The van der Waals surface area contributed by atoms with Crippen LogP contribution in [0.1, 0.15) is 0 Å². The number of halogens is 1. The van der Waals surface area contributed by atoms with E-state index in [1.165, 1.54) is 14.2 Å². The zero-order valence-corrected chi connectivity index (χ0v) is 17.5. The van der Waals surface area contributed by atoms with Crippen molar-refractivity contribution in [2.24, 2.45) is 0 Å². The maximum Gasteiger partial charge on any atom is 0.245 e. The Morgan fingerprint density at radius 1 is 1.12 bits per heavy atom. The molecule has 0 aliphatic heterocycles. The van der Waals surface area contributed by atoms with Crippen LogP contribution in [0, 0.1) is 3.57 Å². The summed E-state index contributed by atoms with van der Waals surface area (Å²) in [6.45, 7) is -0.361. The molecule has 0 atom stereocenters. The van der Waals surface area contributed by atoms with Crippen LogP contribution in [-0.4, -0.2) is 41.3 Å². The molecular formula is C17H19IN2O5S. The van der Waals surface area contributed by atoms with Crippen LogP contribution in [0.15, 0.2) is 42.5 Å². The molecule has 0 bridgehead atoms. The summed E-state index contributed by atoms with van der Waals surface area (Å²) in [6.07, 6.45) is 1.06. The minimum atomic E-state index is -3.63. The maximum absolute atomic E-state index is 12.5. The highest BCUT2D eigenvalue weighted by atomic mass is 127. The third-order valence-corrected chi connectivity index (χ3v) is 5.34. The fourth-order valence-corrected chi connectivity index (χ4v) is 3.46. The molecule has 1 amide bonds. The Bertz CT molecular complexity index is 885. The third-order valence-electron chi connectivity index (χ3n) is 3.48. The van der Waals surface area contributed by atoms with Crippen LogP contribution in [0.4, 0.5) is 11.4 Å². The first-order valence-electron chi connectivity index (χ1n) is 7.49.